The van der Waals surface area contributed by atoms with Crippen LogP contribution >= 0.6 is 0 Å². The van der Waals surface area contributed by atoms with E-state index in [-0.39, 0.29) is 0 Å². The highest BCUT2D eigenvalue weighted by Gasteiger charge is 2.10. The van der Waals surface area contributed by atoms with Crippen molar-refractivity contribution >= 4 is 0 Å². The summed E-state index contributed by atoms with van der Waals surface area (Å²) in [4.78, 5) is 0. The summed E-state index contributed by atoms with van der Waals surface area (Å²) in [5.74, 6) is 0.649. The summed E-state index contributed by atoms with van der Waals surface area (Å²) in [7, 11) is 0. The van der Waals surface area contributed by atoms with Gasteiger partial charge in [-0.05, 0) is 38.7 Å². The molecule has 0 fully saturated rings. The van der Waals surface area contributed by atoms with E-state index in [1.807, 2.05) is 0 Å². The van der Waals surface area contributed by atoms with Crippen molar-refractivity contribution in [2.45, 2.75) is 33.2 Å². The van der Waals surface area contributed by atoms with Crippen LogP contribution in [0, 0.1) is 12.8 Å². The van der Waals surface area contributed by atoms with E-state index >= 15 is 0 Å². The van der Waals surface area contributed by atoms with Crippen LogP contribution in [0.25, 0.3) is 0 Å². The molecule has 0 saturated heterocycles. The predicted molar refractivity (Wildman–Crippen MR) is 62.7 cm³/mol. The van der Waals surface area contributed by atoms with E-state index in [9.17, 15) is 0 Å². The van der Waals surface area contributed by atoms with Crippen LogP contribution < -0.4 is 0 Å². The number of nitrogens with zero attached hydrogens (tertiary/aromatic N) is 2. The molecule has 1 heterocycles. The maximum atomic E-state index is 4.47. The SMILES string of the molecule is CCn1nc(C)cc1CC1C=CC=CC1. The first-order valence-electron chi connectivity index (χ1n) is 5.66. The Labute approximate surface area is 91.3 Å². The normalized spacial score (nSPS) is 19.7. The third-order valence-corrected chi connectivity index (χ3v) is 2.83. The van der Waals surface area contributed by atoms with Gasteiger partial charge in [-0.15, -0.1) is 0 Å². The molecule has 0 radical (unpaired) electrons. The lowest BCUT2D eigenvalue weighted by Gasteiger charge is -2.13. The van der Waals surface area contributed by atoms with Crippen LogP contribution in [0.1, 0.15) is 24.7 Å². The van der Waals surface area contributed by atoms with Crippen LogP contribution in [-0.2, 0) is 13.0 Å². The first kappa shape index (κ1) is 10.2. The van der Waals surface area contributed by atoms with Crippen LogP contribution in [0.4, 0.5) is 0 Å². The maximum absolute atomic E-state index is 4.47. The van der Waals surface area contributed by atoms with Crippen LogP contribution in [0.3, 0.4) is 0 Å². The monoisotopic (exact) mass is 202 g/mol. The van der Waals surface area contributed by atoms with Gasteiger partial charge in [-0.25, -0.2) is 0 Å². The highest BCUT2D eigenvalue weighted by atomic mass is 15.3. The lowest BCUT2D eigenvalue weighted by atomic mass is 9.95. The maximum Gasteiger partial charge on any atom is 0.0596 e. The van der Waals surface area contributed by atoms with Gasteiger partial charge >= 0.3 is 0 Å². The van der Waals surface area contributed by atoms with Crippen molar-refractivity contribution in [2.24, 2.45) is 5.92 Å². The average Bonchev–Trinajstić information content (AvgIpc) is 2.60. The van der Waals surface area contributed by atoms with Gasteiger partial charge in [0.05, 0.1) is 5.69 Å². The summed E-state index contributed by atoms with van der Waals surface area (Å²) in [6.45, 7) is 5.17. The molecule has 1 unspecified atom stereocenters. The minimum absolute atomic E-state index is 0.649. The number of rotatable bonds is 3. The molecule has 15 heavy (non-hydrogen) atoms. The highest BCUT2D eigenvalue weighted by Crippen LogP contribution is 2.18. The summed E-state index contributed by atoms with van der Waals surface area (Å²) < 4.78 is 2.11. The lowest BCUT2D eigenvalue weighted by molar-refractivity contribution is 0.565. The minimum Gasteiger partial charge on any atom is -0.270 e. The molecule has 0 aliphatic heterocycles. The quantitative estimate of drug-likeness (QED) is 0.737. The van der Waals surface area contributed by atoms with Crippen molar-refractivity contribution in [3.63, 3.8) is 0 Å². The van der Waals surface area contributed by atoms with E-state index in [2.05, 4.69) is 54.0 Å². The van der Waals surface area contributed by atoms with E-state index in [1.165, 1.54) is 5.69 Å². The Hall–Kier alpha value is -1.31. The molecule has 80 valence electrons. The van der Waals surface area contributed by atoms with Gasteiger partial charge in [0.1, 0.15) is 0 Å². The molecule has 0 spiro atoms. The zero-order valence-corrected chi connectivity index (χ0v) is 9.48. The molecule has 2 nitrogen and oxygen atoms in total. The third kappa shape index (κ3) is 2.38. The fraction of sp³-hybridized carbons (Fsp3) is 0.462. The molecule has 1 aromatic rings. The third-order valence-electron chi connectivity index (χ3n) is 2.83. The zero-order valence-electron chi connectivity index (χ0n) is 9.48. The summed E-state index contributed by atoms with van der Waals surface area (Å²) in [6, 6.07) is 2.20. The van der Waals surface area contributed by atoms with Crippen molar-refractivity contribution in [2.75, 3.05) is 0 Å². The average molecular weight is 202 g/mol. The van der Waals surface area contributed by atoms with Crippen LogP contribution in [-0.4, -0.2) is 9.78 Å². The second kappa shape index (κ2) is 4.47. The number of hydrogen-bond acceptors (Lipinski definition) is 1. The molecule has 0 N–H and O–H groups in total. The zero-order chi connectivity index (χ0) is 10.7. The Kier molecular flexibility index (Phi) is 3.05. The van der Waals surface area contributed by atoms with Gasteiger partial charge < -0.3 is 0 Å². The van der Waals surface area contributed by atoms with Crippen molar-refractivity contribution in [1.29, 1.82) is 0 Å². The van der Waals surface area contributed by atoms with E-state index in [0.717, 1.165) is 25.1 Å². The van der Waals surface area contributed by atoms with Crippen LogP contribution in [0.5, 0.6) is 0 Å². The standard InChI is InChI=1S/C13H18N2/c1-3-15-13(9-11(2)14-15)10-12-7-5-4-6-8-12/h4-7,9,12H,3,8,10H2,1-2H3. The van der Waals surface area contributed by atoms with Gasteiger partial charge in [0.15, 0.2) is 0 Å². The van der Waals surface area contributed by atoms with E-state index < -0.39 is 0 Å². The Balaban J connectivity index is 2.09. The molecule has 2 heteroatoms. The topological polar surface area (TPSA) is 17.8 Å². The van der Waals surface area contributed by atoms with Crippen molar-refractivity contribution in [3.05, 3.63) is 41.8 Å². The molecule has 1 aliphatic rings. The van der Waals surface area contributed by atoms with Crippen molar-refractivity contribution < 1.29 is 0 Å². The molecule has 1 aromatic heterocycles. The van der Waals surface area contributed by atoms with Gasteiger partial charge in [0, 0.05) is 12.2 Å². The summed E-state index contributed by atoms with van der Waals surface area (Å²) >= 11 is 0. The van der Waals surface area contributed by atoms with Crippen LogP contribution in [0.2, 0.25) is 0 Å². The first-order valence-corrected chi connectivity index (χ1v) is 5.66. The van der Waals surface area contributed by atoms with Gasteiger partial charge in [-0.1, -0.05) is 24.3 Å². The van der Waals surface area contributed by atoms with Crippen LogP contribution in [0.15, 0.2) is 30.4 Å². The van der Waals surface area contributed by atoms with E-state index in [4.69, 9.17) is 0 Å². The van der Waals surface area contributed by atoms with Gasteiger partial charge in [0.25, 0.3) is 0 Å². The molecule has 1 aliphatic carbocycles. The predicted octanol–water partition coefficient (Wildman–Crippen LogP) is 2.89. The minimum atomic E-state index is 0.649. The fourth-order valence-corrected chi connectivity index (χ4v) is 2.09. The second-order valence-electron chi connectivity index (χ2n) is 4.11. The number of hydrogen-bond donors (Lipinski definition) is 0. The fourth-order valence-electron chi connectivity index (χ4n) is 2.09. The number of aryl methyl sites for hydroxylation is 2. The Bertz CT molecular complexity index is 385. The summed E-state index contributed by atoms with van der Waals surface area (Å²) in [5.41, 5.74) is 2.49. The van der Waals surface area contributed by atoms with E-state index in [0.29, 0.717) is 5.92 Å². The summed E-state index contributed by atoms with van der Waals surface area (Å²) in [6.07, 6.45) is 11.1. The molecule has 0 bridgehead atoms. The largest absolute Gasteiger partial charge is 0.270 e. The van der Waals surface area contributed by atoms with Gasteiger partial charge in [-0.2, -0.15) is 5.10 Å². The molecular weight excluding hydrogens is 184 g/mol. The van der Waals surface area contributed by atoms with Crippen molar-refractivity contribution in [3.8, 4) is 0 Å². The molecule has 0 saturated carbocycles. The molecule has 0 aromatic carbocycles. The second-order valence-corrected chi connectivity index (χ2v) is 4.11. The van der Waals surface area contributed by atoms with Gasteiger partial charge in [-0.3, -0.25) is 4.68 Å². The molecule has 0 amide bonds. The number of aromatic nitrogens is 2. The number of allylic oxidation sites excluding steroid dienone is 4. The summed E-state index contributed by atoms with van der Waals surface area (Å²) in [5, 5.41) is 4.47. The first-order chi connectivity index (χ1) is 7.29. The van der Waals surface area contributed by atoms with Gasteiger partial charge in [0.2, 0.25) is 0 Å². The van der Waals surface area contributed by atoms with Crippen molar-refractivity contribution in [1.82, 2.24) is 9.78 Å². The molecule has 2 rings (SSSR count). The molecule has 1 atom stereocenters. The Morgan fingerprint density at radius 3 is 3.00 bits per heavy atom. The molecular formula is C13H18N2. The Morgan fingerprint density at radius 1 is 1.47 bits per heavy atom. The van der Waals surface area contributed by atoms with E-state index in [1.54, 1.807) is 0 Å². The lowest BCUT2D eigenvalue weighted by Crippen LogP contribution is -2.08. The Morgan fingerprint density at radius 2 is 2.33 bits per heavy atom. The highest BCUT2D eigenvalue weighted by molar-refractivity contribution is 5.16. The smallest absolute Gasteiger partial charge is 0.0596 e.